The molecular weight excluding hydrogens is 403 g/mol. The predicted octanol–water partition coefficient (Wildman–Crippen LogP) is 2.27. The summed E-state index contributed by atoms with van der Waals surface area (Å²) in [6.45, 7) is 18.2. The quantitative estimate of drug-likeness (QED) is 0.406. The summed E-state index contributed by atoms with van der Waals surface area (Å²) in [5.74, 6) is 1.83. The van der Waals surface area contributed by atoms with Crippen LogP contribution in [0.15, 0.2) is 4.99 Å². The number of rotatable bonds is 5. The van der Waals surface area contributed by atoms with E-state index in [1.165, 1.54) is 6.54 Å². The lowest BCUT2D eigenvalue weighted by Gasteiger charge is -2.37. The number of nitrogens with zero attached hydrogens (tertiary/aromatic N) is 3. The lowest BCUT2D eigenvalue weighted by molar-refractivity contribution is 0.159. The summed E-state index contributed by atoms with van der Waals surface area (Å²) in [5.41, 5.74) is 0.222. The molecule has 2 rings (SSSR count). The van der Waals surface area contributed by atoms with Gasteiger partial charge in [0, 0.05) is 51.3 Å². The number of aliphatic imine (C=N–C) groups is 1. The summed E-state index contributed by atoms with van der Waals surface area (Å²) in [4.78, 5) is 9.89. The van der Waals surface area contributed by atoms with Crippen molar-refractivity contribution in [3.8, 4) is 0 Å². The minimum atomic E-state index is 0. The molecule has 0 spiro atoms. The molecule has 136 valence electrons. The van der Waals surface area contributed by atoms with E-state index in [-0.39, 0.29) is 29.4 Å². The SMILES string of the molecule is CCNC(=NCC1(C)CCOC1)N1CCN(CC(C)C)CC1.I. The van der Waals surface area contributed by atoms with Crippen LogP contribution in [0.3, 0.4) is 0 Å². The van der Waals surface area contributed by atoms with Crippen LogP contribution in [0.1, 0.15) is 34.1 Å². The average Bonchev–Trinajstić information content (AvgIpc) is 2.91. The third-order valence-electron chi connectivity index (χ3n) is 4.54. The zero-order chi connectivity index (χ0) is 16.0. The predicted molar refractivity (Wildman–Crippen MR) is 108 cm³/mol. The van der Waals surface area contributed by atoms with Gasteiger partial charge in [-0.25, -0.2) is 0 Å². The van der Waals surface area contributed by atoms with E-state index in [4.69, 9.17) is 9.73 Å². The first-order chi connectivity index (χ1) is 10.5. The van der Waals surface area contributed by atoms with E-state index in [0.29, 0.717) is 0 Å². The van der Waals surface area contributed by atoms with Crippen molar-refractivity contribution in [1.29, 1.82) is 0 Å². The van der Waals surface area contributed by atoms with Gasteiger partial charge >= 0.3 is 0 Å². The lowest BCUT2D eigenvalue weighted by atomic mass is 9.90. The topological polar surface area (TPSA) is 40.1 Å². The van der Waals surface area contributed by atoms with Crippen LogP contribution in [0.25, 0.3) is 0 Å². The molecule has 6 heteroatoms. The van der Waals surface area contributed by atoms with Crippen LogP contribution in [0, 0.1) is 11.3 Å². The second kappa shape index (κ2) is 10.0. The molecule has 0 aromatic heterocycles. The average molecular weight is 438 g/mol. The van der Waals surface area contributed by atoms with Gasteiger partial charge in [0.15, 0.2) is 5.96 Å². The number of nitrogens with one attached hydrogen (secondary N) is 1. The molecule has 2 heterocycles. The van der Waals surface area contributed by atoms with Crippen molar-refractivity contribution >= 4 is 29.9 Å². The second-order valence-corrected chi connectivity index (χ2v) is 7.46. The zero-order valence-corrected chi connectivity index (χ0v) is 17.6. The van der Waals surface area contributed by atoms with E-state index in [0.717, 1.165) is 70.8 Å². The van der Waals surface area contributed by atoms with Crippen molar-refractivity contribution in [2.75, 3.05) is 59.0 Å². The highest BCUT2D eigenvalue weighted by molar-refractivity contribution is 14.0. The van der Waals surface area contributed by atoms with E-state index < -0.39 is 0 Å². The fourth-order valence-electron chi connectivity index (χ4n) is 3.18. The standard InChI is InChI=1S/C17H34N4O.HI/c1-5-18-16(19-13-17(4)6-11-22-14-17)21-9-7-20(8-10-21)12-15(2)3;/h15H,5-14H2,1-4H3,(H,18,19);1H. The highest BCUT2D eigenvalue weighted by atomic mass is 127. The number of guanidine groups is 1. The third-order valence-corrected chi connectivity index (χ3v) is 4.54. The second-order valence-electron chi connectivity index (χ2n) is 7.46. The number of hydrogen-bond donors (Lipinski definition) is 1. The molecule has 1 unspecified atom stereocenters. The molecule has 0 saturated carbocycles. The van der Waals surface area contributed by atoms with E-state index in [9.17, 15) is 0 Å². The van der Waals surface area contributed by atoms with Crippen molar-refractivity contribution in [2.45, 2.75) is 34.1 Å². The fraction of sp³-hybridized carbons (Fsp3) is 0.941. The molecule has 0 bridgehead atoms. The maximum Gasteiger partial charge on any atom is 0.194 e. The maximum atomic E-state index is 5.54. The Morgan fingerprint density at radius 1 is 1.26 bits per heavy atom. The van der Waals surface area contributed by atoms with Gasteiger partial charge in [-0.05, 0) is 19.3 Å². The summed E-state index contributed by atoms with van der Waals surface area (Å²) in [5, 5.41) is 3.47. The fourth-order valence-corrected chi connectivity index (χ4v) is 3.18. The van der Waals surface area contributed by atoms with Gasteiger partial charge in [-0.3, -0.25) is 9.89 Å². The Morgan fingerprint density at radius 2 is 1.96 bits per heavy atom. The highest BCUT2D eigenvalue weighted by Gasteiger charge is 2.30. The first kappa shape index (κ1) is 21.0. The smallest absolute Gasteiger partial charge is 0.194 e. The lowest BCUT2D eigenvalue weighted by Crippen LogP contribution is -2.53. The van der Waals surface area contributed by atoms with E-state index in [2.05, 4.69) is 42.8 Å². The zero-order valence-electron chi connectivity index (χ0n) is 15.3. The first-order valence-electron chi connectivity index (χ1n) is 8.86. The van der Waals surface area contributed by atoms with Crippen LogP contribution >= 0.6 is 24.0 Å². The minimum absolute atomic E-state index is 0. The number of hydrogen-bond acceptors (Lipinski definition) is 3. The molecule has 0 aromatic rings. The van der Waals surface area contributed by atoms with Crippen LogP contribution < -0.4 is 5.32 Å². The van der Waals surface area contributed by atoms with Gasteiger partial charge < -0.3 is 15.0 Å². The normalized spacial score (nSPS) is 26.5. The Bertz CT molecular complexity index is 362. The van der Waals surface area contributed by atoms with Crippen LogP contribution in [-0.2, 0) is 4.74 Å². The summed E-state index contributed by atoms with van der Waals surface area (Å²) >= 11 is 0. The Morgan fingerprint density at radius 3 is 2.48 bits per heavy atom. The Balaban J connectivity index is 0.00000264. The maximum absolute atomic E-state index is 5.54. The Kier molecular flexibility index (Phi) is 9.15. The van der Waals surface area contributed by atoms with Crippen LogP contribution in [0.4, 0.5) is 0 Å². The van der Waals surface area contributed by atoms with E-state index in [1.54, 1.807) is 0 Å². The Labute approximate surface area is 159 Å². The first-order valence-corrected chi connectivity index (χ1v) is 8.86. The van der Waals surface area contributed by atoms with Gasteiger partial charge in [0.2, 0.25) is 0 Å². The van der Waals surface area contributed by atoms with E-state index in [1.807, 2.05) is 0 Å². The molecule has 23 heavy (non-hydrogen) atoms. The summed E-state index contributed by atoms with van der Waals surface area (Å²) in [6, 6.07) is 0. The van der Waals surface area contributed by atoms with Crippen molar-refractivity contribution in [1.82, 2.24) is 15.1 Å². The molecule has 0 amide bonds. The van der Waals surface area contributed by atoms with Gasteiger partial charge in [-0.15, -0.1) is 24.0 Å². The molecule has 2 aliphatic rings. The van der Waals surface area contributed by atoms with Gasteiger partial charge in [0.05, 0.1) is 13.2 Å². The molecule has 5 nitrogen and oxygen atoms in total. The summed E-state index contributed by atoms with van der Waals surface area (Å²) in [7, 11) is 0. The number of halogens is 1. The largest absolute Gasteiger partial charge is 0.381 e. The molecule has 1 atom stereocenters. The summed E-state index contributed by atoms with van der Waals surface area (Å²) < 4.78 is 5.54. The minimum Gasteiger partial charge on any atom is -0.381 e. The molecular formula is C17H35IN4O. The molecule has 0 radical (unpaired) electrons. The number of ether oxygens (including phenoxy) is 1. The van der Waals surface area contributed by atoms with Gasteiger partial charge in [-0.2, -0.15) is 0 Å². The van der Waals surface area contributed by atoms with Crippen LogP contribution in [-0.4, -0.2) is 74.8 Å². The van der Waals surface area contributed by atoms with Crippen molar-refractivity contribution < 1.29 is 4.74 Å². The monoisotopic (exact) mass is 438 g/mol. The molecule has 2 aliphatic heterocycles. The molecule has 1 N–H and O–H groups in total. The van der Waals surface area contributed by atoms with E-state index >= 15 is 0 Å². The Hall–Kier alpha value is -0.0800. The van der Waals surface area contributed by atoms with Gasteiger partial charge in [-0.1, -0.05) is 20.8 Å². The molecule has 0 aliphatic carbocycles. The molecule has 2 saturated heterocycles. The molecule has 2 fully saturated rings. The van der Waals surface area contributed by atoms with Crippen molar-refractivity contribution in [3.05, 3.63) is 0 Å². The van der Waals surface area contributed by atoms with Gasteiger partial charge in [0.25, 0.3) is 0 Å². The van der Waals surface area contributed by atoms with Gasteiger partial charge in [0.1, 0.15) is 0 Å². The van der Waals surface area contributed by atoms with Crippen LogP contribution in [0.5, 0.6) is 0 Å². The van der Waals surface area contributed by atoms with Crippen LogP contribution in [0.2, 0.25) is 0 Å². The number of piperazine rings is 1. The highest BCUT2D eigenvalue weighted by Crippen LogP contribution is 2.27. The summed E-state index contributed by atoms with van der Waals surface area (Å²) in [6.07, 6.45) is 1.12. The van der Waals surface area contributed by atoms with Crippen molar-refractivity contribution in [3.63, 3.8) is 0 Å². The van der Waals surface area contributed by atoms with Crippen molar-refractivity contribution in [2.24, 2.45) is 16.3 Å². The molecule has 0 aromatic carbocycles. The third kappa shape index (κ3) is 6.74.